The monoisotopic (exact) mass is 384 g/mol. The number of fused-ring (bicyclic) bond motifs is 1. The van der Waals surface area contributed by atoms with Crippen LogP contribution in [-0.4, -0.2) is 54.5 Å². The molecule has 10 nitrogen and oxygen atoms in total. The van der Waals surface area contributed by atoms with Crippen molar-refractivity contribution in [3.63, 3.8) is 0 Å². The Morgan fingerprint density at radius 1 is 1.44 bits per heavy atom. The van der Waals surface area contributed by atoms with Crippen LogP contribution in [0.4, 0.5) is 24.9 Å². The second-order valence-electron chi connectivity index (χ2n) is 5.24. The molecule has 2 heterocycles. The molecule has 14 heteroatoms. The summed E-state index contributed by atoms with van der Waals surface area (Å²) in [6.45, 7) is 0.355. The first kappa shape index (κ1) is 19.4. The molecule has 0 saturated carbocycles. The predicted molar refractivity (Wildman–Crippen MR) is 81.7 cm³/mol. The van der Waals surface area contributed by atoms with Gasteiger partial charge in [0.2, 0.25) is 5.95 Å². The van der Waals surface area contributed by atoms with Crippen LogP contribution < -0.4 is 11.1 Å². The number of hydrogen-bond acceptors (Lipinski definition) is 7. The van der Waals surface area contributed by atoms with Gasteiger partial charge in [0.15, 0.2) is 17.0 Å². The van der Waals surface area contributed by atoms with Crippen LogP contribution in [-0.2, 0) is 15.8 Å². The highest BCUT2D eigenvalue weighted by molar-refractivity contribution is 7.51. The van der Waals surface area contributed by atoms with Crippen LogP contribution in [0.15, 0.2) is 6.33 Å². The summed E-state index contributed by atoms with van der Waals surface area (Å²) >= 11 is 0. The van der Waals surface area contributed by atoms with Crippen molar-refractivity contribution in [3.05, 3.63) is 6.33 Å². The number of nitrogen functional groups attached to an aromatic ring is 1. The molecule has 2 rings (SSSR count). The summed E-state index contributed by atoms with van der Waals surface area (Å²) in [5.74, 6) is -0.412. The molecule has 25 heavy (non-hydrogen) atoms. The SMILES string of the molecule is C[C@H](Cn1cnc2c(NCC(F)(F)F)nc(N)nc21)OCP(=O)(O)O. The molecule has 1 atom stereocenters. The molecule has 0 aromatic carbocycles. The quantitative estimate of drug-likeness (QED) is 0.511. The number of ether oxygens (including phenoxy) is 1. The maximum atomic E-state index is 12.4. The molecular weight excluding hydrogens is 368 g/mol. The standard InChI is InChI=1S/C11H16F3N6O4P/c1-6(24-5-25(21,22)23)2-20-4-17-7-8(16-3-11(12,13)14)18-10(15)19-9(7)20/h4,6H,2-3,5H2,1H3,(H2,21,22,23)(H3,15,16,18,19)/t6-/m1/s1. The fraction of sp³-hybridized carbons (Fsp3) is 0.545. The second kappa shape index (κ2) is 7.12. The summed E-state index contributed by atoms with van der Waals surface area (Å²) in [4.78, 5) is 29.2. The largest absolute Gasteiger partial charge is 0.405 e. The zero-order valence-corrected chi connectivity index (χ0v) is 13.8. The van der Waals surface area contributed by atoms with Crippen molar-refractivity contribution in [2.75, 3.05) is 23.9 Å². The third-order valence-electron chi connectivity index (χ3n) is 2.92. The summed E-state index contributed by atoms with van der Waals surface area (Å²) in [6, 6.07) is 0. The van der Waals surface area contributed by atoms with Gasteiger partial charge in [-0.25, -0.2) is 4.98 Å². The molecule has 0 saturated heterocycles. The minimum absolute atomic E-state index is 0.0839. The van der Waals surface area contributed by atoms with Crippen LogP contribution in [0.25, 0.3) is 11.2 Å². The third-order valence-corrected chi connectivity index (χ3v) is 3.40. The summed E-state index contributed by atoms with van der Waals surface area (Å²) < 4.78 is 54.3. The lowest BCUT2D eigenvalue weighted by atomic mass is 10.4. The van der Waals surface area contributed by atoms with Gasteiger partial charge in [0.25, 0.3) is 0 Å². The molecule has 0 unspecified atom stereocenters. The van der Waals surface area contributed by atoms with Gasteiger partial charge in [0, 0.05) is 0 Å². The zero-order valence-electron chi connectivity index (χ0n) is 12.9. The normalized spacial score (nSPS) is 14.0. The van der Waals surface area contributed by atoms with Crippen LogP contribution in [0.1, 0.15) is 6.92 Å². The Balaban J connectivity index is 2.19. The van der Waals surface area contributed by atoms with E-state index in [0.29, 0.717) is 0 Å². The molecule has 0 fully saturated rings. The fourth-order valence-corrected chi connectivity index (χ4v) is 2.40. The lowest BCUT2D eigenvalue weighted by Gasteiger charge is -2.15. The average Bonchev–Trinajstić information content (AvgIpc) is 2.84. The van der Waals surface area contributed by atoms with Gasteiger partial charge in [-0.2, -0.15) is 23.1 Å². The van der Waals surface area contributed by atoms with E-state index < -0.39 is 32.8 Å². The van der Waals surface area contributed by atoms with Crippen LogP contribution in [0, 0.1) is 0 Å². The van der Waals surface area contributed by atoms with Crippen molar-refractivity contribution in [1.82, 2.24) is 19.5 Å². The Morgan fingerprint density at radius 3 is 2.72 bits per heavy atom. The molecular formula is C11H16F3N6O4P. The molecule has 0 spiro atoms. The molecule has 0 aliphatic carbocycles. The van der Waals surface area contributed by atoms with Crippen LogP contribution >= 0.6 is 7.60 Å². The Bertz CT molecular complexity index is 792. The van der Waals surface area contributed by atoms with Crippen LogP contribution in [0.2, 0.25) is 0 Å². The molecule has 0 amide bonds. The van der Waals surface area contributed by atoms with Gasteiger partial charge >= 0.3 is 13.8 Å². The maximum absolute atomic E-state index is 12.4. The van der Waals surface area contributed by atoms with E-state index in [1.165, 1.54) is 10.9 Å². The number of aromatic nitrogens is 4. The smallest absolute Gasteiger partial charge is 0.368 e. The van der Waals surface area contributed by atoms with E-state index in [9.17, 15) is 17.7 Å². The minimum Gasteiger partial charge on any atom is -0.368 e. The van der Waals surface area contributed by atoms with E-state index in [2.05, 4.69) is 20.3 Å². The number of imidazole rings is 1. The summed E-state index contributed by atoms with van der Waals surface area (Å²) in [6.07, 6.45) is -4.52. The van der Waals surface area contributed by atoms with E-state index in [0.717, 1.165) is 0 Å². The van der Waals surface area contributed by atoms with E-state index in [1.54, 1.807) is 6.92 Å². The molecule has 0 bridgehead atoms. The molecule has 2 aromatic heterocycles. The molecule has 0 radical (unpaired) electrons. The van der Waals surface area contributed by atoms with Gasteiger partial charge in [0.05, 0.1) is 19.0 Å². The summed E-state index contributed by atoms with van der Waals surface area (Å²) in [7, 11) is -4.31. The first-order chi connectivity index (χ1) is 11.4. The van der Waals surface area contributed by atoms with Crippen molar-refractivity contribution in [1.29, 1.82) is 0 Å². The van der Waals surface area contributed by atoms with Crippen molar-refractivity contribution < 1.29 is 32.3 Å². The minimum atomic E-state index is -4.44. The number of rotatable bonds is 7. The van der Waals surface area contributed by atoms with Crippen molar-refractivity contribution in [3.8, 4) is 0 Å². The van der Waals surface area contributed by atoms with Crippen LogP contribution in [0.5, 0.6) is 0 Å². The Morgan fingerprint density at radius 2 is 2.12 bits per heavy atom. The van der Waals surface area contributed by atoms with Gasteiger partial charge in [-0.05, 0) is 6.92 Å². The average molecular weight is 384 g/mol. The molecule has 140 valence electrons. The van der Waals surface area contributed by atoms with Crippen molar-refractivity contribution in [2.24, 2.45) is 0 Å². The number of hydrogen-bond donors (Lipinski definition) is 4. The summed E-state index contributed by atoms with van der Waals surface area (Å²) in [5, 5.41) is 2.11. The maximum Gasteiger partial charge on any atom is 0.405 e. The fourth-order valence-electron chi connectivity index (χ4n) is 1.96. The first-order valence-electron chi connectivity index (χ1n) is 6.90. The first-order valence-corrected chi connectivity index (χ1v) is 8.69. The topological polar surface area (TPSA) is 148 Å². The van der Waals surface area contributed by atoms with Gasteiger partial charge in [-0.3, -0.25) is 4.57 Å². The molecule has 2 aromatic rings. The molecule has 0 aliphatic rings. The number of halogens is 3. The number of anilines is 2. The van der Waals surface area contributed by atoms with Crippen molar-refractivity contribution >= 4 is 30.5 Å². The zero-order chi connectivity index (χ0) is 18.8. The summed E-state index contributed by atoms with van der Waals surface area (Å²) in [5.41, 5.74) is 5.77. The second-order valence-corrected chi connectivity index (χ2v) is 6.83. The van der Waals surface area contributed by atoms with Gasteiger partial charge in [0.1, 0.15) is 12.9 Å². The lowest BCUT2D eigenvalue weighted by Crippen LogP contribution is -2.22. The number of nitrogens with two attached hydrogens (primary N) is 1. The van der Waals surface area contributed by atoms with Crippen LogP contribution in [0.3, 0.4) is 0 Å². The van der Waals surface area contributed by atoms with Gasteiger partial charge in [-0.15, -0.1) is 0 Å². The van der Waals surface area contributed by atoms with Crippen molar-refractivity contribution in [2.45, 2.75) is 25.7 Å². The third kappa shape index (κ3) is 5.81. The lowest BCUT2D eigenvalue weighted by molar-refractivity contribution is -0.115. The van der Waals surface area contributed by atoms with E-state index >= 15 is 0 Å². The molecule has 0 aliphatic heterocycles. The van der Waals surface area contributed by atoms with Gasteiger partial charge < -0.3 is 30.1 Å². The highest BCUT2D eigenvalue weighted by Crippen LogP contribution is 2.34. The molecule has 5 N–H and O–H groups in total. The Hall–Kier alpha value is -1.95. The Labute approximate surface area is 139 Å². The number of nitrogens with zero attached hydrogens (tertiary/aromatic N) is 4. The number of alkyl halides is 3. The van der Waals surface area contributed by atoms with Gasteiger partial charge in [-0.1, -0.05) is 0 Å². The van der Waals surface area contributed by atoms with E-state index in [1.807, 2.05) is 0 Å². The highest BCUT2D eigenvalue weighted by atomic mass is 31.2. The number of nitrogens with one attached hydrogen (secondary N) is 1. The Kier molecular flexibility index (Phi) is 5.52. The highest BCUT2D eigenvalue weighted by Gasteiger charge is 2.28. The predicted octanol–water partition coefficient (Wildman–Crippen LogP) is 0.923. The van der Waals surface area contributed by atoms with E-state index in [-0.39, 0.29) is 29.5 Å². The van der Waals surface area contributed by atoms with E-state index in [4.69, 9.17) is 20.3 Å².